The maximum absolute atomic E-state index is 2.78. The van der Waals surface area contributed by atoms with E-state index in [1.165, 1.54) is 84.5 Å². The van der Waals surface area contributed by atoms with Gasteiger partial charge in [-0.3, -0.25) is 4.90 Å². The number of piperazine rings is 1. The highest BCUT2D eigenvalue weighted by Crippen LogP contribution is 2.41. The molecule has 0 unspecified atom stereocenters. The van der Waals surface area contributed by atoms with Crippen LogP contribution in [-0.4, -0.2) is 72.6 Å². The number of hydrogen-bond donors (Lipinski definition) is 0. The van der Waals surface area contributed by atoms with Crippen LogP contribution in [0.1, 0.15) is 101 Å². The van der Waals surface area contributed by atoms with Gasteiger partial charge in [0.05, 0.1) is 0 Å². The van der Waals surface area contributed by atoms with E-state index in [1.54, 1.807) is 0 Å². The molecule has 0 radical (unpaired) electrons. The van der Waals surface area contributed by atoms with Crippen LogP contribution >= 0.6 is 0 Å². The highest BCUT2D eigenvalue weighted by Gasteiger charge is 2.36. The van der Waals surface area contributed by atoms with Gasteiger partial charge in [0.15, 0.2) is 0 Å². The molecule has 0 aliphatic carbocycles. The predicted molar refractivity (Wildman–Crippen MR) is 138 cm³/mol. The monoisotopic (exact) mass is 435 g/mol. The Kier molecular flexibility index (Phi) is 9.13. The van der Waals surface area contributed by atoms with Crippen LogP contribution in [0.15, 0.2) is 0 Å². The Morgan fingerprint density at radius 1 is 0.581 bits per heavy atom. The molecular formula is C28H57N3. The predicted octanol–water partition coefficient (Wildman–Crippen LogP) is 6.38. The second-order valence-corrected chi connectivity index (χ2v) is 14.6. The second-order valence-electron chi connectivity index (χ2n) is 14.6. The molecule has 0 saturated carbocycles. The van der Waals surface area contributed by atoms with E-state index in [4.69, 9.17) is 0 Å². The molecule has 2 aliphatic rings. The fourth-order valence-electron chi connectivity index (χ4n) is 5.60. The van der Waals surface area contributed by atoms with E-state index in [9.17, 15) is 0 Å². The van der Waals surface area contributed by atoms with Crippen LogP contribution in [0.25, 0.3) is 0 Å². The van der Waals surface area contributed by atoms with Crippen LogP contribution < -0.4 is 0 Å². The number of rotatable bonds is 8. The summed E-state index contributed by atoms with van der Waals surface area (Å²) in [5.74, 6) is 0.887. The molecule has 2 saturated heterocycles. The van der Waals surface area contributed by atoms with Crippen LogP contribution in [0.5, 0.6) is 0 Å². The summed E-state index contributed by atoms with van der Waals surface area (Å²) in [6.45, 7) is 34.4. The van der Waals surface area contributed by atoms with Crippen molar-refractivity contribution in [3.05, 3.63) is 0 Å². The molecule has 3 heteroatoms. The topological polar surface area (TPSA) is 9.72 Å². The van der Waals surface area contributed by atoms with Crippen molar-refractivity contribution in [2.75, 3.05) is 52.4 Å². The van der Waals surface area contributed by atoms with Crippen LogP contribution in [0, 0.1) is 22.2 Å². The lowest BCUT2D eigenvalue weighted by molar-refractivity contribution is 0.0201. The molecule has 0 aromatic carbocycles. The van der Waals surface area contributed by atoms with Crippen LogP contribution in [0.3, 0.4) is 0 Å². The molecule has 2 rings (SSSR count). The minimum Gasteiger partial charge on any atom is -0.303 e. The summed E-state index contributed by atoms with van der Waals surface area (Å²) in [7, 11) is 0. The molecule has 0 atom stereocenters. The molecule has 0 aromatic heterocycles. The van der Waals surface area contributed by atoms with Gasteiger partial charge >= 0.3 is 0 Å². The lowest BCUT2D eigenvalue weighted by atomic mass is 9.69. The molecular weight excluding hydrogens is 378 g/mol. The van der Waals surface area contributed by atoms with Gasteiger partial charge in [0.1, 0.15) is 0 Å². The van der Waals surface area contributed by atoms with Gasteiger partial charge in [-0.25, -0.2) is 0 Å². The SMILES string of the molecule is CC(C)(C)CCN1CCC(C(C)(C)CCC(C)(C)N2CCN(CC(C)(C)C)CC2)CC1. The Bertz CT molecular complexity index is 521. The number of likely N-dealkylation sites (tertiary alicyclic amines) is 1. The van der Waals surface area contributed by atoms with Crippen molar-refractivity contribution >= 4 is 0 Å². The summed E-state index contributed by atoms with van der Waals surface area (Å²) in [6.07, 6.45) is 6.78. The summed E-state index contributed by atoms with van der Waals surface area (Å²) >= 11 is 0. The zero-order chi connectivity index (χ0) is 23.5. The Balaban J connectivity index is 1.77. The van der Waals surface area contributed by atoms with Crippen molar-refractivity contribution in [2.24, 2.45) is 22.2 Å². The molecule has 2 heterocycles. The van der Waals surface area contributed by atoms with Crippen LogP contribution in [-0.2, 0) is 0 Å². The van der Waals surface area contributed by atoms with Crippen molar-refractivity contribution < 1.29 is 0 Å². The maximum Gasteiger partial charge on any atom is 0.0154 e. The Hall–Kier alpha value is -0.120. The summed E-state index contributed by atoms with van der Waals surface area (Å²) < 4.78 is 0. The molecule has 3 nitrogen and oxygen atoms in total. The van der Waals surface area contributed by atoms with Gasteiger partial charge in [-0.15, -0.1) is 0 Å². The number of nitrogens with zero attached hydrogens (tertiary/aromatic N) is 3. The van der Waals surface area contributed by atoms with E-state index < -0.39 is 0 Å². The molecule has 0 aromatic rings. The first-order valence-electron chi connectivity index (χ1n) is 13.3. The fourth-order valence-corrected chi connectivity index (χ4v) is 5.60. The Morgan fingerprint density at radius 3 is 1.61 bits per heavy atom. The van der Waals surface area contributed by atoms with Gasteiger partial charge in [-0.1, -0.05) is 55.4 Å². The highest BCUT2D eigenvalue weighted by molar-refractivity contribution is 4.91. The minimum atomic E-state index is 0.318. The molecule has 2 aliphatic heterocycles. The van der Waals surface area contributed by atoms with E-state index in [0.717, 1.165) is 5.92 Å². The molecule has 0 spiro atoms. The molecule has 184 valence electrons. The van der Waals surface area contributed by atoms with Gasteiger partial charge in [0, 0.05) is 38.3 Å². The zero-order valence-corrected chi connectivity index (χ0v) is 23.1. The average Bonchev–Trinajstić information content (AvgIpc) is 2.64. The third-order valence-corrected chi connectivity index (χ3v) is 8.18. The van der Waals surface area contributed by atoms with Crippen molar-refractivity contribution in [3.63, 3.8) is 0 Å². The molecule has 0 bridgehead atoms. The normalized spacial score (nSPS) is 22.3. The molecule has 2 fully saturated rings. The van der Waals surface area contributed by atoms with Gasteiger partial charge in [0.25, 0.3) is 0 Å². The summed E-state index contributed by atoms with van der Waals surface area (Å²) in [5.41, 5.74) is 1.64. The standard InChI is InChI=1S/C28H57N3/c1-25(2,3)15-18-29-16-11-24(12-17-29)27(7,8)13-14-28(9,10)31-21-19-30(20-22-31)23-26(4,5)6/h24H,11-23H2,1-10H3. The summed E-state index contributed by atoms with van der Waals surface area (Å²) in [5, 5.41) is 0. The largest absolute Gasteiger partial charge is 0.303 e. The summed E-state index contributed by atoms with van der Waals surface area (Å²) in [6, 6.07) is 0. The third-order valence-electron chi connectivity index (χ3n) is 8.18. The smallest absolute Gasteiger partial charge is 0.0154 e. The first-order valence-corrected chi connectivity index (χ1v) is 13.3. The number of hydrogen-bond acceptors (Lipinski definition) is 3. The van der Waals surface area contributed by atoms with Gasteiger partial charge < -0.3 is 9.80 Å². The first kappa shape index (κ1) is 27.1. The lowest BCUT2D eigenvalue weighted by Crippen LogP contribution is -2.55. The lowest BCUT2D eigenvalue weighted by Gasteiger charge is -2.47. The van der Waals surface area contributed by atoms with E-state index in [-0.39, 0.29) is 0 Å². The van der Waals surface area contributed by atoms with Crippen LogP contribution in [0.4, 0.5) is 0 Å². The molecule has 0 amide bonds. The molecule has 31 heavy (non-hydrogen) atoms. The fraction of sp³-hybridized carbons (Fsp3) is 1.00. The minimum absolute atomic E-state index is 0.318. The van der Waals surface area contributed by atoms with Gasteiger partial charge in [-0.05, 0) is 87.7 Å². The summed E-state index contributed by atoms with van der Waals surface area (Å²) in [4.78, 5) is 8.17. The van der Waals surface area contributed by atoms with Crippen molar-refractivity contribution in [1.82, 2.24) is 14.7 Å². The van der Waals surface area contributed by atoms with Crippen molar-refractivity contribution in [2.45, 2.75) is 107 Å². The average molecular weight is 436 g/mol. The Labute approximate surface area is 196 Å². The van der Waals surface area contributed by atoms with E-state index in [2.05, 4.69) is 83.9 Å². The third kappa shape index (κ3) is 9.33. The second kappa shape index (κ2) is 10.4. The molecule has 0 N–H and O–H groups in total. The zero-order valence-electron chi connectivity index (χ0n) is 23.1. The van der Waals surface area contributed by atoms with Gasteiger partial charge in [0.2, 0.25) is 0 Å². The van der Waals surface area contributed by atoms with E-state index >= 15 is 0 Å². The van der Waals surface area contributed by atoms with E-state index in [1.807, 2.05) is 0 Å². The van der Waals surface area contributed by atoms with Crippen LogP contribution in [0.2, 0.25) is 0 Å². The first-order chi connectivity index (χ1) is 14.1. The van der Waals surface area contributed by atoms with Gasteiger partial charge in [-0.2, -0.15) is 0 Å². The van der Waals surface area contributed by atoms with Crippen molar-refractivity contribution in [1.29, 1.82) is 0 Å². The quantitative estimate of drug-likeness (QED) is 0.438. The highest BCUT2D eigenvalue weighted by atomic mass is 15.3. The number of piperidine rings is 1. The Morgan fingerprint density at radius 2 is 1.13 bits per heavy atom. The van der Waals surface area contributed by atoms with E-state index in [0.29, 0.717) is 21.8 Å². The maximum atomic E-state index is 2.78. The van der Waals surface area contributed by atoms with Crippen molar-refractivity contribution in [3.8, 4) is 0 Å².